The zero-order valence-electron chi connectivity index (χ0n) is 28.0. The lowest BCUT2D eigenvalue weighted by atomic mass is 10.0. The van der Waals surface area contributed by atoms with Gasteiger partial charge in [-0.15, -0.1) is 0 Å². The summed E-state index contributed by atoms with van der Waals surface area (Å²) in [6.07, 6.45) is 30.3. The Bertz CT molecular complexity index is 636. The van der Waals surface area contributed by atoms with Gasteiger partial charge in [0.1, 0.15) is 6.04 Å². The Morgan fingerprint density at radius 1 is 0.571 bits per heavy atom. The molecule has 6 nitrogen and oxygen atoms in total. The second-order valence-corrected chi connectivity index (χ2v) is 12.9. The molecule has 0 radical (unpaired) electrons. The topological polar surface area (TPSA) is 92.7 Å². The summed E-state index contributed by atoms with van der Waals surface area (Å²) in [7, 11) is 0. The number of unbranched alkanes of at least 4 members (excludes halogenated alkanes) is 21. The van der Waals surface area contributed by atoms with Crippen LogP contribution in [-0.4, -0.2) is 35.6 Å². The van der Waals surface area contributed by atoms with Crippen LogP contribution in [0, 0.1) is 5.92 Å². The summed E-state index contributed by atoms with van der Waals surface area (Å²) in [6.45, 7) is 7.20. The fourth-order valence-electron chi connectivity index (χ4n) is 5.42. The van der Waals surface area contributed by atoms with Gasteiger partial charge in [-0.2, -0.15) is 0 Å². The second-order valence-electron chi connectivity index (χ2n) is 12.9. The van der Waals surface area contributed by atoms with Gasteiger partial charge in [0, 0.05) is 12.8 Å². The standard InChI is InChI=1S/C36H69NO5/c1-4-5-6-7-8-9-10-11-12-13-14-15-19-22-25-28-34(38)37-33(36(40)41)29-30-35(39)42-31-26-23-20-17-16-18-21-24-27-32(2)3/h32-33H,4-31H2,1-3H3,(H,37,38)(H,40,41)/t33-/m0/s1. The van der Waals surface area contributed by atoms with E-state index in [1.807, 2.05) is 0 Å². The molecule has 0 saturated heterocycles. The summed E-state index contributed by atoms with van der Waals surface area (Å²) < 4.78 is 5.27. The van der Waals surface area contributed by atoms with Crippen molar-refractivity contribution in [3.05, 3.63) is 0 Å². The van der Waals surface area contributed by atoms with E-state index in [1.165, 1.54) is 116 Å². The van der Waals surface area contributed by atoms with Crippen LogP contribution in [0.5, 0.6) is 0 Å². The molecule has 0 spiro atoms. The summed E-state index contributed by atoms with van der Waals surface area (Å²) in [5.41, 5.74) is 0. The quantitative estimate of drug-likeness (QED) is 0.0596. The van der Waals surface area contributed by atoms with Gasteiger partial charge in [-0.1, -0.05) is 162 Å². The fraction of sp³-hybridized carbons (Fsp3) is 0.917. The molecule has 0 bridgehead atoms. The van der Waals surface area contributed by atoms with E-state index in [4.69, 9.17) is 4.74 Å². The average Bonchev–Trinajstić information content (AvgIpc) is 2.95. The predicted molar refractivity (Wildman–Crippen MR) is 176 cm³/mol. The van der Waals surface area contributed by atoms with E-state index in [9.17, 15) is 19.5 Å². The van der Waals surface area contributed by atoms with E-state index >= 15 is 0 Å². The minimum absolute atomic E-state index is 0.00653. The van der Waals surface area contributed by atoms with Crippen molar-refractivity contribution in [2.75, 3.05) is 6.61 Å². The highest BCUT2D eigenvalue weighted by molar-refractivity contribution is 5.84. The number of carbonyl (C=O) groups excluding carboxylic acids is 2. The number of rotatable bonds is 32. The molecule has 1 atom stereocenters. The first kappa shape index (κ1) is 40.4. The Morgan fingerprint density at radius 3 is 1.45 bits per heavy atom. The molecular weight excluding hydrogens is 526 g/mol. The largest absolute Gasteiger partial charge is 0.480 e. The smallest absolute Gasteiger partial charge is 0.326 e. The minimum atomic E-state index is -1.10. The summed E-state index contributed by atoms with van der Waals surface area (Å²) in [5.74, 6) is -0.930. The zero-order valence-corrected chi connectivity index (χ0v) is 28.0. The van der Waals surface area contributed by atoms with Crippen LogP contribution in [-0.2, 0) is 19.1 Å². The number of carbonyl (C=O) groups is 3. The Kier molecular flexibility index (Phi) is 29.7. The van der Waals surface area contributed by atoms with Gasteiger partial charge < -0.3 is 15.2 Å². The number of carboxylic acids is 1. The van der Waals surface area contributed by atoms with E-state index in [-0.39, 0.29) is 24.7 Å². The lowest BCUT2D eigenvalue weighted by molar-refractivity contribution is -0.145. The van der Waals surface area contributed by atoms with E-state index in [1.54, 1.807) is 0 Å². The number of hydrogen-bond donors (Lipinski definition) is 2. The van der Waals surface area contributed by atoms with E-state index in [0.717, 1.165) is 44.4 Å². The highest BCUT2D eigenvalue weighted by atomic mass is 16.5. The molecule has 0 fully saturated rings. The Balaban J connectivity index is 3.65. The first-order chi connectivity index (χ1) is 20.4. The summed E-state index contributed by atoms with van der Waals surface area (Å²) in [4.78, 5) is 35.9. The molecule has 2 N–H and O–H groups in total. The van der Waals surface area contributed by atoms with Gasteiger partial charge in [-0.3, -0.25) is 9.59 Å². The van der Waals surface area contributed by atoms with Crippen molar-refractivity contribution in [2.24, 2.45) is 5.92 Å². The normalized spacial score (nSPS) is 12.0. The Hall–Kier alpha value is -1.59. The number of esters is 1. The molecule has 0 aliphatic heterocycles. The lowest BCUT2D eigenvalue weighted by Gasteiger charge is -2.14. The Labute approximate surface area is 259 Å². The molecule has 0 saturated carbocycles. The van der Waals surface area contributed by atoms with Crippen molar-refractivity contribution in [1.29, 1.82) is 0 Å². The van der Waals surface area contributed by atoms with Crippen LogP contribution >= 0.6 is 0 Å². The van der Waals surface area contributed by atoms with Crippen LogP contribution in [0.1, 0.15) is 194 Å². The maximum Gasteiger partial charge on any atom is 0.326 e. The van der Waals surface area contributed by atoms with Gasteiger partial charge >= 0.3 is 11.9 Å². The van der Waals surface area contributed by atoms with Crippen LogP contribution in [0.25, 0.3) is 0 Å². The molecule has 248 valence electrons. The number of ether oxygens (including phenoxy) is 1. The molecule has 0 aliphatic carbocycles. The number of hydrogen-bond acceptors (Lipinski definition) is 4. The number of carboxylic acid groups (broad SMARTS) is 1. The molecule has 0 rings (SSSR count). The zero-order chi connectivity index (χ0) is 31.1. The van der Waals surface area contributed by atoms with Crippen molar-refractivity contribution in [1.82, 2.24) is 5.32 Å². The van der Waals surface area contributed by atoms with Crippen molar-refractivity contribution in [3.8, 4) is 0 Å². The van der Waals surface area contributed by atoms with Crippen LogP contribution in [0.2, 0.25) is 0 Å². The number of nitrogens with one attached hydrogen (secondary N) is 1. The third kappa shape index (κ3) is 29.9. The molecular formula is C36H69NO5. The molecule has 1 amide bonds. The molecule has 0 heterocycles. The first-order valence-corrected chi connectivity index (χ1v) is 18.0. The van der Waals surface area contributed by atoms with Crippen LogP contribution in [0.15, 0.2) is 0 Å². The monoisotopic (exact) mass is 596 g/mol. The molecule has 0 aromatic carbocycles. The number of amides is 1. The molecule has 0 aromatic heterocycles. The van der Waals surface area contributed by atoms with Crippen molar-refractivity contribution >= 4 is 17.8 Å². The van der Waals surface area contributed by atoms with Crippen LogP contribution in [0.3, 0.4) is 0 Å². The minimum Gasteiger partial charge on any atom is -0.480 e. The van der Waals surface area contributed by atoms with Gasteiger partial charge in [-0.25, -0.2) is 4.79 Å². The average molecular weight is 596 g/mol. The lowest BCUT2D eigenvalue weighted by Crippen LogP contribution is -2.41. The second kappa shape index (κ2) is 30.9. The van der Waals surface area contributed by atoms with Crippen LogP contribution in [0.4, 0.5) is 0 Å². The SMILES string of the molecule is CCCCCCCCCCCCCCCCCC(=O)N[C@@H](CCC(=O)OCCCCCCCCCCC(C)C)C(=O)O. The number of aliphatic carboxylic acids is 1. The van der Waals surface area contributed by atoms with Gasteiger partial charge in [0.25, 0.3) is 0 Å². The van der Waals surface area contributed by atoms with E-state index in [0.29, 0.717) is 13.0 Å². The third-order valence-electron chi connectivity index (χ3n) is 8.22. The van der Waals surface area contributed by atoms with E-state index in [2.05, 4.69) is 26.1 Å². The molecule has 0 aromatic rings. The van der Waals surface area contributed by atoms with Gasteiger partial charge in [0.15, 0.2) is 0 Å². The van der Waals surface area contributed by atoms with Crippen molar-refractivity contribution < 1.29 is 24.2 Å². The van der Waals surface area contributed by atoms with Gasteiger partial charge in [-0.05, 0) is 25.2 Å². The molecule has 0 aliphatic rings. The van der Waals surface area contributed by atoms with Crippen molar-refractivity contribution in [3.63, 3.8) is 0 Å². The first-order valence-electron chi connectivity index (χ1n) is 18.0. The fourth-order valence-corrected chi connectivity index (χ4v) is 5.42. The highest BCUT2D eigenvalue weighted by Crippen LogP contribution is 2.15. The molecule has 0 unspecified atom stereocenters. The Morgan fingerprint density at radius 2 is 1.00 bits per heavy atom. The predicted octanol–water partition coefficient (Wildman–Crippen LogP) is 10.3. The molecule has 6 heteroatoms. The maximum atomic E-state index is 12.2. The maximum absolute atomic E-state index is 12.2. The van der Waals surface area contributed by atoms with Crippen molar-refractivity contribution in [2.45, 2.75) is 200 Å². The summed E-state index contributed by atoms with van der Waals surface area (Å²) in [5, 5.41) is 12.0. The summed E-state index contributed by atoms with van der Waals surface area (Å²) in [6, 6.07) is -1.04. The van der Waals surface area contributed by atoms with E-state index < -0.39 is 12.0 Å². The van der Waals surface area contributed by atoms with Crippen LogP contribution < -0.4 is 5.32 Å². The highest BCUT2D eigenvalue weighted by Gasteiger charge is 2.21. The van der Waals surface area contributed by atoms with Gasteiger partial charge in [0.2, 0.25) is 5.91 Å². The third-order valence-corrected chi connectivity index (χ3v) is 8.22. The van der Waals surface area contributed by atoms with Gasteiger partial charge in [0.05, 0.1) is 6.61 Å². The summed E-state index contributed by atoms with van der Waals surface area (Å²) >= 11 is 0. The molecule has 42 heavy (non-hydrogen) atoms.